The van der Waals surface area contributed by atoms with E-state index in [1.807, 2.05) is 42.5 Å². The van der Waals surface area contributed by atoms with Gasteiger partial charge >= 0.3 is 0 Å². The molecule has 3 aromatic rings. The summed E-state index contributed by atoms with van der Waals surface area (Å²) in [6, 6.07) is 19.8. The summed E-state index contributed by atoms with van der Waals surface area (Å²) in [5.74, 6) is -2.99. The monoisotopic (exact) mass is 497 g/mol. The lowest BCUT2D eigenvalue weighted by Crippen LogP contribution is -2.33. The summed E-state index contributed by atoms with van der Waals surface area (Å²) in [5, 5.41) is 4.68. The Morgan fingerprint density at radius 1 is 1.15 bits per heavy atom. The van der Waals surface area contributed by atoms with E-state index < -0.39 is 11.0 Å². The van der Waals surface area contributed by atoms with Crippen molar-refractivity contribution in [1.29, 1.82) is 0 Å². The number of carbonyl (C=O) groups is 2. The zero-order chi connectivity index (χ0) is 24.1. The Morgan fingerprint density at radius 3 is 2.62 bits per heavy atom. The smallest absolute Gasteiger partial charge is 0.288 e. The Bertz CT molecular complexity index is 1240. The number of amidine groups is 1. The molecule has 0 aromatic heterocycles. The molecule has 1 aliphatic heterocycles. The van der Waals surface area contributed by atoms with Gasteiger partial charge in [0.25, 0.3) is 5.76 Å². The average molecular weight is 498 g/mol. The first-order valence-corrected chi connectivity index (χ1v) is 12.2. The van der Waals surface area contributed by atoms with Gasteiger partial charge in [0.2, 0.25) is 11.8 Å². The molecule has 5 nitrogen and oxygen atoms in total. The summed E-state index contributed by atoms with van der Waals surface area (Å²) < 4.78 is 25.1. The van der Waals surface area contributed by atoms with Gasteiger partial charge in [-0.1, -0.05) is 66.0 Å². The van der Waals surface area contributed by atoms with Crippen LogP contribution in [0.2, 0.25) is 0 Å². The molecule has 1 heterocycles. The van der Waals surface area contributed by atoms with Crippen LogP contribution in [0.3, 0.4) is 0 Å². The Kier molecular flexibility index (Phi) is 7.64. The molecule has 1 fully saturated rings. The Hall–Kier alpha value is -3.17. The van der Waals surface area contributed by atoms with Crippen molar-refractivity contribution in [3.63, 3.8) is 0 Å². The molecular formula is C25H21F2N3O2S2. The second kappa shape index (κ2) is 10.8. The van der Waals surface area contributed by atoms with Crippen LogP contribution < -0.4 is 5.32 Å². The molecule has 3 aromatic carbocycles. The van der Waals surface area contributed by atoms with Gasteiger partial charge in [0, 0.05) is 28.9 Å². The minimum atomic E-state index is -2.50. The van der Waals surface area contributed by atoms with Gasteiger partial charge in [-0.3, -0.25) is 14.5 Å². The molecule has 9 heteroatoms. The molecule has 0 radical (unpaired) electrons. The van der Waals surface area contributed by atoms with Gasteiger partial charge in [-0.2, -0.15) is 8.78 Å². The highest BCUT2D eigenvalue weighted by molar-refractivity contribution is 8.15. The van der Waals surface area contributed by atoms with Crippen LogP contribution in [0.25, 0.3) is 10.8 Å². The summed E-state index contributed by atoms with van der Waals surface area (Å²) in [6.07, 6.45) is 1.58. The third kappa shape index (κ3) is 5.66. The number of nitrogens with zero attached hydrogens (tertiary/aromatic N) is 2. The molecule has 34 heavy (non-hydrogen) atoms. The maximum atomic E-state index is 13.0. The summed E-state index contributed by atoms with van der Waals surface area (Å²) in [7, 11) is 0. The Labute approximate surface area is 204 Å². The number of halogens is 2. The van der Waals surface area contributed by atoms with E-state index in [0.29, 0.717) is 33.2 Å². The lowest BCUT2D eigenvalue weighted by Gasteiger charge is -2.14. The minimum Gasteiger partial charge on any atom is -0.325 e. The highest BCUT2D eigenvalue weighted by Crippen LogP contribution is 2.33. The SMILES string of the molecule is C=CCN1C(=O)[C@@H](CC(=O)Nc2cccc3ccccc23)SC1=Nc1ccc(SC(F)F)cc1. The number of hydrogen-bond acceptors (Lipinski definition) is 5. The van der Waals surface area contributed by atoms with Crippen LogP contribution in [0, 0.1) is 0 Å². The topological polar surface area (TPSA) is 61.8 Å². The number of rotatable bonds is 8. The number of alkyl halides is 2. The summed E-state index contributed by atoms with van der Waals surface area (Å²) >= 11 is 1.67. The number of nitrogens with one attached hydrogen (secondary N) is 1. The van der Waals surface area contributed by atoms with Crippen LogP contribution in [0.4, 0.5) is 20.2 Å². The number of aliphatic imine (C=N–C) groups is 1. The van der Waals surface area contributed by atoms with Crippen molar-refractivity contribution in [3.8, 4) is 0 Å². The number of fused-ring (bicyclic) bond motifs is 1. The summed E-state index contributed by atoms with van der Waals surface area (Å²) in [4.78, 5) is 32.2. The van der Waals surface area contributed by atoms with E-state index in [4.69, 9.17) is 0 Å². The molecule has 0 aliphatic carbocycles. The molecule has 0 bridgehead atoms. The number of anilines is 1. The van der Waals surface area contributed by atoms with Crippen molar-refractivity contribution in [2.45, 2.75) is 22.3 Å². The second-order valence-electron chi connectivity index (χ2n) is 7.39. The molecule has 2 amide bonds. The minimum absolute atomic E-state index is 0.0106. The molecule has 1 atom stereocenters. The van der Waals surface area contributed by atoms with E-state index in [-0.39, 0.29) is 24.8 Å². The molecule has 4 rings (SSSR count). The lowest BCUT2D eigenvalue weighted by atomic mass is 10.1. The predicted molar refractivity (Wildman–Crippen MR) is 136 cm³/mol. The van der Waals surface area contributed by atoms with E-state index in [1.165, 1.54) is 16.7 Å². The zero-order valence-corrected chi connectivity index (χ0v) is 19.6. The van der Waals surface area contributed by atoms with Crippen molar-refractivity contribution in [1.82, 2.24) is 4.90 Å². The lowest BCUT2D eigenvalue weighted by molar-refractivity contribution is -0.127. The number of thioether (sulfide) groups is 2. The average Bonchev–Trinajstić information content (AvgIpc) is 3.09. The van der Waals surface area contributed by atoms with Gasteiger partial charge in [-0.15, -0.1) is 6.58 Å². The number of benzene rings is 3. The maximum absolute atomic E-state index is 13.0. The predicted octanol–water partition coefficient (Wildman–Crippen LogP) is 6.30. The number of amides is 2. The fourth-order valence-electron chi connectivity index (χ4n) is 3.54. The van der Waals surface area contributed by atoms with E-state index in [2.05, 4.69) is 16.9 Å². The Morgan fingerprint density at radius 2 is 1.88 bits per heavy atom. The first-order chi connectivity index (χ1) is 16.4. The van der Waals surface area contributed by atoms with Gasteiger partial charge in [-0.25, -0.2) is 4.99 Å². The van der Waals surface area contributed by atoms with Crippen LogP contribution >= 0.6 is 23.5 Å². The van der Waals surface area contributed by atoms with Crippen molar-refractivity contribution in [3.05, 3.63) is 79.4 Å². The van der Waals surface area contributed by atoms with Crippen LogP contribution in [0.5, 0.6) is 0 Å². The van der Waals surface area contributed by atoms with E-state index in [9.17, 15) is 18.4 Å². The van der Waals surface area contributed by atoms with E-state index in [1.54, 1.807) is 30.3 Å². The second-order valence-corrected chi connectivity index (χ2v) is 9.62. The molecule has 0 spiro atoms. The van der Waals surface area contributed by atoms with Gasteiger partial charge in [0.05, 0.1) is 5.69 Å². The summed E-state index contributed by atoms with van der Waals surface area (Å²) in [5.41, 5.74) is 1.22. The summed E-state index contributed by atoms with van der Waals surface area (Å²) in [6.45, 7) is 3.95. The van der Waals surface area contributed by atoms with Crippen molar-refractivity contribution in [2.75, 3.05) is 11.9 Å². The third-order valence-corrected chi connectivity index (χ3v) is 6.95. The normalized spacial score (nSPS) is 17.0. The number of carbonyl (C=O) groups excluding carboxylic acids is 2. The molecule has 0 saturated carbocycles. The van der Waals surface area contributed by atoms with Crippen molar-refractivity contribution in [2.24, 2.45) is 4.99 Å². The van der Waals surface area contributed by atoms with Crippen LogP contribution in [0.15, 0.2) is 89.3 Å². The highest BCUT2D eigenvalue weighted by atomic mass is 32.2. The largest absolute Gasteiger partial charge is 0.325 e. The Balaban J connectivity index is 1.48. The maximum Gasteiger partial charge on any atom is 0.288 e. The van der Waals surface area contributed by atoms with E-state index in [0.717, 1.165) is 10.8 Å². The quantitative estimate of drug-likeness (QED) is 0.293. The molecule has 1 aliphatic rings. The fraction of sp³-hybridized carbons (Fsp3) is 0.160. The fourth-order valence-corrected chi connectivity index (χ4v) is 5.20. The van der Waals surface area contributed by atoms with Crippen LogP contribution in [0.1, 0.15) is 6.42 Å². The highest BCUT2D eigenvalue weighted by Gasteiger charge is 2.38. The molecule has 1 N–H and O–H groups in total. The molecule has 0 unspecified atom stereocenters. The van der Waals surface area contributed by atoms with Gasteiger partial charge in [-0.05, 0) is 35.7 Å². The van der Waals surface area contributed by atoms with E-state index >= 15 is 0 Å². The van der Waals surface area contributed by atoms with Crippen molar-refractivity contribution >= 4 is 62.7 Å². The number of hydrogen-bond donors (Lipinski definition) is 1. The zero-order valence-electron chi connectivity index (χ0n) is 18.0. The standard InChI is InChI=1S/C25H21F2N3O2S2/c1-2-14-30-23(32)21(34-25(30)28-17-10-12-18(13-11-17)33-24(26)27)15-22(31)29-20-9-5-7-16-6-3-4-8-19(16)20/h2-13,21,24H,1,14-15H2,(H,29,31)/t21-/m1/s1. The first-order valence-electron chi connectivity index (χ1n) is 10.4. The van der Waals surface area contributed by atoms with Crippen LogP contribution in [-0.2, 0) is 9.59 Å². The van der Waals surface area contributed by atoms with Crippen LogP contribution in [-0.4, -0.2) is 39.4 Å². The van der Waals surface area contributed by atoms with Gasteiger partial charge in [0.15, 0.2) is 5.17 Å². The van der Waals surface area contributed by atoms with Gasteiger partial charge < -0.3 is 5.32 Å². The molecular weight excluding hydrogens is 476 g/mol. The molecule has 174 valence electrons. The van der Waals surface area contributed by atoms with Crippen molar-refractivity contribution < 1.29 is 18.4 Å². The molecule has 1 saturated heterocycles. The van der Waals surface area contributed by atoms with Gasteiger partial charge in [0.1, 0.15) is 5.25 Å². The first kappa shape index (κ1) is 24.0. The third-order valence-electron chi connectivity index (χ3n) is 5.05.